The maximum absolute atomic E-state index is 8.93. The lowest BCUT2D eigenvalue weighted by Gasteiger charge is -2.24. The molecule has 102 valence electrons. The SMILES string of the molecule is C[C@H](CCC[C@@H](C)CO)COC1CCCCO1. The highest BCUT2D eigenvalue weighted by Gasteiger charge is 2.15. The van der Waals surface area contributed by atoms with E-state index in [-0.39, 0.29) is 6.29 Å². The Bertz CT molecular complexity index is 178. The molecular weight excluding hydrogens is 216 g/mol. The minimum Gasteiger partial charge on any atom is -0.396 e. The molecule has 0 aliphatic carbocycles. The first-order valence-corrected chi connectivity index (χ1v) is 7.06. The van der Waals surface area contributed by atoms with E-state index in [0.29, 0.717) is 18.4 Å². The minimum atomic E-state index is 0.0440. The second-order valence-corrected chi connectivity index (χ2v) is 5.45. The molecule has 0 aromatic heterocycles. The lowest BCUT2D eigenvalue weighted by Crippen LogP contribution is -2.24. The van der Waals surface area contributed by atoms with Crippen molar-refractivity contribution in [3.05, 3.63) is 0 Å². The Hall–Kier alpha value is -0.120. The average molecular weight is 244 g/mol. The van der Waals surface area contributed by atoms with Crippen LogP contribution in [0.5, 0.6) is 0 Å². The third-order valence-corrected chi connectivity index (χ3v) is 3.41. The second kappa shape index (κ2) is 8.90. The minimum absolute atomic E-state index is 0.0440. The molecule has 1 aliphatic heterocycles. The van der Waals surface area contributed by atoms with Gasteiger partial charge >= 0.3 is 0 Å². The number of aliphatic hydroxyl groups excluding tert-OH is 1. The van der Waals surface area contributed by atoms with Crippen LogP contribution in [-0.2, 0) is 9.47 Å². The van der Waals surface area contributed by atoms with E-state index in [4.69, 9.17) is 14.6 Å². The number of rotatable bonds is 8. The van der Waals surface area contributed by atoms with Crippen LogP contribution >= 0.6 is 0 Å². The maximum Gasteiger partial charge on any atom is 0.157 e. The van der Waals surface area contributed by atoms with Gasteiger partial charge in [-0.25, -0.2) is 0 Å². The summed E-state index contributed by atoms with van der Waals surface area (Å²) in [5, 5.41) is 8.93. The molecule has 3 nitrogen and oxygen atoms in total. The van der Waals surface area contributed by atoms with Crippen molar-refractivity contribution in [1.29, 1.82) is 0 Å². The van der Waals surface area contributed by atoms with Gasteiger partial charge in [0.25, 0.3) is 0 Å². The van der Waals surface area contributed by atoms with Crippen molar-refractivity contribution in [2.75, 3.05) is 19.8 Å². The Kier molecular flexibility index (Phi) is 7.82. The average Bonchev–Trinajstić information content (AvgIpc) is 2.37. The van der Waals surface area contributed by atoms with Crippen molar-refractivity contribution < 1.29 is 14.6 Å². The van der Waals surface area contributed by atoms with E-state index in [9.17, 15) is 0 Å². The second-order valence-electron chi connectivity index (χ2n) is 5.45. The summed E-state index contributed by atoms with van der Waals surface area (Å²) in [5.74, 6) is 1.02. The number of ether oxygens (including phenoxy) is 2. The first-order chi connectivity index (χ1) is 8.22. The van der Waals surface area contributed by atoms with Crippen LogP contribution in [0.25, 0.3) is 0 Å². The van der Waals surface area contributed by atoms with Crippen LogP contribution in [0.4, 0.5) is 0 Å². The predicted octanol–water partition coefficient (Wildman–Crippen LogP) is 2.96. The van der Waals surface area contributed by atoms with E-state index in [1.54, 1.807) is 0 Å². The third kappa shape index (κ3) is 7.02. The smallest absolute Gasteiger partial charge is 0.157 e. The summed E-state index contributed by atoms with van der Waals surface area (Å²) in [6.45, 7) is 6.29. The monoisotopic (exact) mass is 244 g/mol. The zero-order valence-corrected chi connectivity index (χ0v) is 11.4. The summed E-state index contributed by atoms with van der Waals surface area (Å²) < 4.78 is 11.3. The van der Waals surface area contributed by atoms with Crippen LogP contribution < -0.4 is 0 Å². The van der Waals surface area contributed by atoms with E-state index in [0.717, 1.165) is 26.1 Å². The highest BCUT2D eigenvalue weighted by Crippen LogP contribution is 2.17. The zero-order valence-electron chi connectivity index (χ0n) is 11.4. The van der Waals surface area contributed by atoms with Crippen molar-refractivity contribution in [2.45, 2.75) is 58.7 Å². The largest absolute Gasteiger partial charge is 0.396 e. The van der Waals surface area contributed by atoms with E-state index < -0.39 is 0 Å². The van der Waals surface area contributed by atoms with Crippen LogP contribution in [0.2, 0.25) is 0 Å². The van der Waals surface area contributed by atoms with Crippen molar-refractivity contribution in [2.24, 2.45) is 11.8 Å². The van der Waals surface area contributed by atoms with Gasteiger partial charge < -0.3 is 14.6 Å². The maximum atomic E-state index is 8.93. The fraction of sp³-hybridized carbons (Fsp3) is 1.00. The van der Waals surface area contributed by atoms with Crippen molar-refractivity contribution in [3.8, 4) is 0 Å². The molecule has 1 aliphatic rings. The van der Waals surface area contributed by atoms with E-state index >= 15 is 0 Å². The van der Waals surface area contributed by atoms with Gasteiger partial charge in [0.1, 0.15) is 0 Å². The van der Waals surface area contributed by atoms with Gasteiger partial charge in [0.2, 0.25) is 0 Å². The summed E-state index contributed by atoms with van der Waals surface area (Å²) in [6, 6.07) is 0. The molecule has 1 fully saturated rings. The fourth-order valence-corrected chi connectivity index (χ4v) is 2.10. The van der Waals surface area contributed by atoms with Gasteiger partial charge in [0.05, 0.1) is 6.61 Å². The summed E-state index contributed by atoms with van der Waals surface area (Å²) in [7, 11) is 0. The molecule has 1 rings (SSSR count). The van der Waals surface area contributed by atoms with Gasteiger partial charge in [-0.3, -0.25) is 0 Å². The van der Waals surface area contributed by atoms with Gasteiger partial charge in [-0.15, -0.1) is 0 Å². The topological polar surface area (TPSA) is 38.7 Å². The standard InChI is InChI=1S/C14H28O3/c1-12(10-15)6-5-7-13(2)11-17-14-8-3-4-9-16-14/h12-15H,3-11H2,1-2H3/t12-,13-,14?/m1/s1. The van der Waals surface area contributed by atoms with Crippen molar-refractivity contribution >= 4 is 0 Å². The highest BCUT2D eigenvalue weighted by atomic mass is 16.7. The molecule has 0 amide bonds. The summed E-state index contributed by atoms with van der Waals surface area (Å²) in [5.41, 5.74) is 0. The van der Waals surface area contributed by atoms with Crippen molar-refractivity contribution in [1.82, 2.24) is 0 Å². The molecule has 0 aromatic rings. The van der Waals surface area contributed by atoms with Crippen LogP contribution in [-0.4, -0.2) is 31.2 Å². The fourth-order valence-electron chi connectivity index (χ4n) is 2.10. The molecule has 1 saturated heterocycles. The summed E-state index contributed by atoms with van der Waals surface area (Å²) in [6.07, 6.45) is 6.97. The first kappa shape index (κ1) is 14.9. The van der Waals surface area contributed by atoms with Gasteiger partial charge in [-0.05, 0) is 43.9 Å². The molecular formula is C14H28O3. The van der Waals surface area contributed by atoms with E-state index in [1.165, 1.54) is 25.7 Å². The molecule has 0 radical (unpaired) electrons. The molecule has 3 atom stereocenters. The van der Waals surface area contributed by atoms with Gasteiger partial charge in [0, 0.05) is 13.2 Å². The molecule has 0 saturated carbocycles. The first-order valence-electron chi connectivity index (χ1n) is 7.06. The lowest BCUT2D eigenvalue weighted by atomic mass is 10.00. The van der Waals surface area contributed by atoms with Crippen LogP contribution in [0.15, 0.2) is 0 Å². The van der Waals surface area contributed by atoms with Gasteiger partial charge in [-0.2, -0.15) is 0 Å². The van der Waals surface area contributed by atoms with E-state index in [1.807, 2.05) is 0 Å². The molecule has 1 unspecified atom stereocenters. The molecule has 0 bridgehead atoms. The predicted molar refractivity (Wildman–Crippen MR) is 68.8 cm³/mol. The molecule has 0 spiro atoms. The Balaban J connectivity index is 1.98. The lowest BCUT2D eigenvalue weighted by molar-refractivity contribution is -0.168. The van der Waals surface area contributed by atoms with Gasteiger partial charge in [0.15, 0.2) is 6.29 Å². The zero-order chi connectivity index (χ0) is 12.5. The molecule has 0 aromatic carbocycles. The van der Waals surface area contributed by atoms with Crippen LogP contribution in [0.3, 0.4) is 0 Å². The van der Waals surface area contributed by atoms with Crippen LogP contribution in [0, 0.1) is 11.8 Å². The van der Waals surface area contributed by atoms with Crippen molar-refractivity contribution in [3.63, 3.8) is 0 Å². The summed E-state index contributed by atoms with van der Waals surface area (Å²) >= 11 is 0. The Morgan fingerprint density at radius 3 is 2.65 bits per heavy atom. The molecule has 3 heteroatoms. The highest BCUT2D eigenvalue weighted by molar-refractivity contribution is 4.58. The summed E-state index contributed by atoms with van der Waals surface area (Å²) in [4.78, 5) is 0. The molecule has 17 heavy (non-hydrogen) atoms. The van der Waals surface area contributed by atoms with E-state index in [2.05, 4.69) is 13.8 Å². The number of hydrogen-bond donors (Lipinski definition) is 1. The van der Waals surface area contributed by atoms with Crippen LogP contribution in [0.1, 0.15) is 52.4 Å². The Morgan fingerprint density at radius 1 is 1.24 bits per heavy atom. The Labute approximate surface area is 105 Å². The molecule has 1 heterocycles. The third-order valence-electron chi connectivity index (χ3n) is 3.41. The number of aliphatic hydroxyl groups is 1. The number of hydrogen-bond acceptors (Lipinski definition) is 3. The quantitative estimate of drug-likeness (QED) is 0.713. The molecule has 1 N–H and O–H groups in total. The van der Waals surface area contributed by atoms with Gasteiger partial charge in [-0.1, -0.05) is 20.3 Å². The normalized spacial score (nSPS) is 24.5. The Morgan fingerprint density at radius 2 is 2.00 bits per heavy atom.